The lowest BCUT2D eigenvalue weighted by Gasteiger charge is -2.38. The monoisotopic (exact) mass is 373 g/mol. The molecule has 1 aliphatic heterocycles. The fourth-order valence-electron chi connectivity index (χ4n) is 3.71. The molecule has 1 heterocycles. The van der Waals surface area contributed by atoms with Gasteiger partial charge in [-0.3, -0.25) is 0 Å². The van der Waals surface area contributed by atoms with E-state index in [1.165, 1.54) is 29.1 Å². The van der Waals surface area contributed by atoms with Gasteiger partial charge in [-0.05, 0) is 52.9 Å². The Labute approximate surface area is 169 Å². The summed E-state index contributed by atoms with van der Waals surface area (Å²) in [4.78, 5) is 7.24. The van der Waals surface area contributed by atoms with Crippen LogP contribution in [0.2, 0.25) is 0 Å². The Bertz CT molecular complexity index is 548. The third-order valence-electron chi connectivity index (χ3n) is 5.83. The van der Waals surface area contributed by atoms with Gasteiger partial charge in [0, 0.05) is 56.4 Å². The second kappa shape index (κ2) is 11.3. The first-order valence-corrected chi connectivity index (χ1v) is 10.5. The number of nitrogens with zero attached hydrogens (tertiary/aromatic N) is 3. The Morgan fingerprint density at radius 1 is 1.04 bits per heavy atom. The molecule has 0 radical (unpaired) electrons. The van der Waals surface area contributed by atoms with Gasteiger partial charge in [0.05, 0.1) is 0 Å². The second-order valence-electron chi connectivity index (χ2n) is 8.45. The van der Waals surface area contributed by atoms with Crippen molar-refractivity contribution in [1.82, 2.24) is 14.7 Å². The van der Waals surface area contributed by atoms with Crippen molar-refractivity contribution in [2.24, 2.45) is 5.92 Å². The highest BCUT2D eigenvalue weighted by Gasteiger charge is 2.19. The summed E-state index contributed by atoms with van der Waals surface area (Å²) in [5.74, 6) is 0.685. The van der Waals surface area contributed by atoms with Gasteiger partial charge in [-0.25, -0.2) is 0 Å². The van der Waals surface area contributed by atoms with Gasteiger partial charge >= 0.3 is 0 Å². The molecule has 0 aromatic carbocycles. The van der Waals surface area contributed by atoms with E-state index in [1.54, 1.807) is 0 Å². The zero-order chi connectivity index (χ0) is 20.6. The molecule has 1 fully saturated rings. The van der Waals surface area contributed by atoms with Crippen molar-refractivity contribution in [1.29, 1.82) is 0 Å². The van der Waals surface area contributed by atoms with Crippen LogP contribution >= 0.6 is 0 Å². The summed E-state index contributed by atoms with van der Waals surface area (Å²) in [6, 6.07) is 0.480. The van der Waals surface area contributed by atoms with Crippen LogP contribution in [0.15, 0.2) is 48.0 Å². The maximum absolute atomic E-state index is 4.35. The molecule has 0 aliphatic carbocycles. The van der Waals surface area contributed by atoms with Crippen molar-refractivity contribution in [2.45, 2.75) is 66.8 Å². The minimum Gasteiger partial charge on any atom is -0.372 e. The van der Waals surface area contributed by atoms with Crippen LogP contribution < -0.4 is 0 Å². The Balaban J connectivity index is 2.60. The van der Waals surface area contributed by atoms with Crippen molar-refractivity contribution in [2.75, 3.05) is 33.2 Å². The fraction of sp³-hybridized carbons (Fsp3) is 0.667. The van der Waals surface area contributed by atoms with Gasteiger partial charge < -0.3 is 14.7 Å². The Kier molecular flexibility index (Phi) is 9.76. The van der Waals surface area contributed by atoms with Crippen molar-refractivity contribution in [3.63, 3.8) is 0 Å². The highest BCUT2D eigenvalue weighted by Crippen LogP contribution is 2.23. The van der Waals surface area contributed by atoms with Crippen LogP contribution in [0.3, 0.4) is 0 Å². The lowest BCUT2D eigenvalue weighted by Crippen LogP contribution is -2.44. The molecule has 1 saturated heterocycles. The predicted molar refractivity (Wildman–Crippen MR) is 121 cm³/mol. The summed E-state index contributed by atoms with van der Waals surface area (Å²) in [5.41, 5.74) is 5.27. The molecule has 27 heavy (non-hydrogen) atoms. The average molecular weight is 374 g/mol. The molecule has 0 aromatic rings. The van der Waals surface area contributed by atoms with E-state index in [2.05, 4.69) is 88.6 Å². The number of likely N-dealkylation sites (N-methyl/N-ethyl adjacent to an activating group) is 1. The van der Waals surface area contributed by atoms with Crippen molar-refractivity contribution in [3.05, 3.63) is 48.0 Å². The number of rotatable bonds is 10. The lowest BCUT2D eigenvalue weighted by atomic mass is 9.95. The molecule has 0 aromatic heterocycles. The Hall–Kier alpha value is -1.64. The molecule has 154 valence electrons. The normalized spacial score (nSPS) is 17.3. The molecule has 0 bridgehead atoms. The molecule has 0 N–H and O–H groups in total. The van der Waals surface area contributed by atoms with E-state index in [0.29, 0.717) is 12.0 Å². The first-order chi connectivity index (χ1) is 12.7. The molecule has 0 saturated carbocycles. The van der Waals surface area contributed by atoms with Gasteiger partial charge in [0.15, 0.2) is 0 Å². The lowest BCUT2D eigenvalue weighted by molar-refractivity contribution is 0.189. The van der Waals surface area contributed by atoms with Crippen LogP contribution in [-0.4, -0.2) is 54.0 Å². The summed E-state index contributed by atoms with van der Waals surface area (Å²) < 4.78 is 0. The van der Waals surface area contributed by atoms with Crippen LogP contribution in [0.1, 0.15) is 60.8 Å². The number of allylic oxidation sites excluding steroid dienone is 5. The molecule has 0 amide bonds. The molecule has 1 atom stereocenters. The fourth-order valence-corrected chi connectivity index (χ4v) is 3.71. The number of piperazine rings is 1. The number of hydrogen-bond donors (Lipinski definition) is 0. The predicted octanol–water partition coefficient (Wildman–Crippen LogP) is 5.65. The van der Waals surface area contributed by atoms with E-state index in [4.69, 9.17) is 0 Å². The molecule has 0 spiro atoms. The van der Waals surface area contributed by atoms with E-state index in [1.807, 2.05) is 0 Å². The summed E-state index contributed by atoms with van der Waals surface area (Å²) in [7, 11) is 2.22. The van der Waals surface area contributed by atoms with Crippen molar-refractivity contribution in [3.8, 4) is 0 Å². The first-order valence-electron chi connectivity index (χ1n) is 10.5. The topological polar surface area (TPSA) is 9.72 Å². The van der Waals surface area contributed by atoms with Gasteiger partial charge in [0.1, 0.15) is 0 Å². The van der Waals surface area contributed by atoms with E-state index < -0.39 is 0 Å². The van der Waals surface area contributed by atoms with Gasteiger partial charge in [0.25, 0.3) is 0 Å². The minimum atomic E-state index is 0.480. The van der Waals surface area contributed by atoms with Crippen LogP contribution in [-0.2, 0) is 0 Å². The zero-order valence-electron chi connectivity index (χ0n) is 19.0. The van der Waals surface area contributed by atoms with Gasteiger partial charge in [-0.15, -0.1) is 0 Å². The average Bonchev–Trinajstić information content (AvgIpc) is 2.64. The van der Waals surface area contributed by atoms with Gasteiger partial charge in [-0.2, -0.15) is 0 Å². The zero-order valence-corrected chi connectivity index (χ0v) is 19.0. The molecule has 0 unspecified atom stereocenters. The third-order valence-corrected chi connectivity index (χ3v) is 5.83. The van der Waals surface area contributed by atoms with Crippen LogP contribution in [0.25, 0.3) is 0 Å². The standard InChI is InChI=1S/C24H43N3/c1-10-22(7)25(9)24(18-19(2)3)21(6)12-11-13-23(8)27-16-14-26(15-17-27)20(4)5/h10,12,19,24H,4,8,11,13-18H2,1-3,5-7,9H3/b21-12+,22-10+/t24-/m1/s1. The van der Waals surface area contributed by atoms with E-state index >= 15 is 0 Å². The van der Waals surface area contributed by atoms with E-state index in [9.17, 15) is 0 Å². The van der Waals surface area contributed by atoms with Crippen molar-refractivity contribution >= 4 is 0 Å². The molecule has 1 aliphatic rings. The van der Waals surface area contributed by atoms with Gasteiger partial charge in [0.2, 0.25) is 0 Å². The maximum atomic E-state index is 4.35. The van der Waals surface area contributed by atoms with Gasteiger partial charge in [-0.1, -0.05) is 44.7 Å². The van der Waals surface area contributed by atoms with Crippen LogP contribution in [0.4, 0.5) is 0 Å². The van der Waals surface area contributed by atoms with Crippen molar-refractivity contribution < 1.29 is 0 Å². The van der Waals surface area contributed by atoms with E-state index in [0.717, 1.165) is 39.0 Å². The third kappa shape index (κ3) is 7.48. The largest absolute Gasteiger partial charge is 0.372 e. The minimum absolute atomic E-state index is 0.480. The van der Waals surface area contributed by atoms with Crippen LogP contribution in [0, 0.1) is 5.92 Å². The van der Waals surface area contributed by atoms with E-state index in [-0.39, 0.29) is 0 Å². The highest BCUT2D eigenvalue weighted by molar-refractivity contribution is 5.13. The molecular formula is C24H43N3. The smallest absolute Gasteiger partial charge is 0.0495 e. The first kappa shape index (κ1) is 23.4. The summed E-state index contributed by atoms with van der Waals surface area (Å²) in [6.45, 7) is 26.0. The Morgan fingerprint density at radius 2 is 1.59 bits per heavy atom. The summed E-state index contributed by atoms with van der Waals surface area (Å²) in [5, 5.41) is 0. The quantitative estimate of drug-likeness (QED) is 0.458. The molecular weight excluding hydrogens is 330 g/mol. The Morgan fingerprint density at radius 3 is 2.07 bits per heavy atom. The maximum Gasteiger partial charge on any atom is 0.0495 e. The molecule has 3 nitrogen and oxygen atoms in total. The summed E-state index contributed by atoms with van der Waals surface area (Å²) >= 11 is 0. The second-order valence-corrected chi connectivity index (χ2v) is 8.45. The SMILES string of the molecule is C=C(C)N1CCN(C(=C)CC/C=C(\C)[C@@H](CC(C)C)N(C)/C(C)=C/C)CC1. The molecule has 3 heteroatoms. The highest BCUT2D eigenvalue weighted by atomic mass is 15.3. The summed E-state index contributed by atoms with van der Waals surface area (Å²) in [6.07, 6.45) is 7.94. The van der Waals surface area contributed by atoms with Crippen LogP contribution in [0.5, 0.6) is 0 Å². The number of hydrogen-bond acceptors (Lipinski definition) is 3. The molecule has 1 rings (SSSR count).